The normalized spacial score (nSPS) is 20.5. The average molecular weight is 463 g/mol. The zero-order valence-electron chi connectivity index (χ0n) is 17.7. The summed E-state index contributed by atoms with van der Waals surface area (Å²) in [6.07, 6.45) is -1.86. The molecule has 0 aliphatic carbocycles. The van der Waals surface area contributed by atoms with Crippen LogP contribution in [0.5, 0.6) is 0 Å². The lowest BCUT2D eigenvalue weighted by molar-refractivity contribution is -0.169. The van der Waals surface area contributed by atoms with Crippen molar-refractivity contribution < 1.29 is 35.6 Å². The Kier molecular flexibility index (Phi) is 9.66. The molecule has 0 aromatic rings. The zero-order chi connectivity index (χ0) is 21.6. The van der Waals surface area contributed by atoms with E-state index in [1.807, 2.05) is 39.3 Å². The maximum atomic E-state index is 13.3. The first kappa shape index (κ1) is 26.1. The summed E-state index contributed by atoms with van der Waals surface area (Å²) < 4.78 is 75.3. The van der Waals surface area contributed by atoms with E-state index in [0.29, 0.717) is 13.0 Å². The van der Waals surface area contributed by atoms with Crippen LogP contribution in [0.2, 0.25) is 39.3 Å². The lowest BCUT2D eigenvalue weighted by Crippen LogP contribution is -2.30. The third-order valence-electron chi connectivity index (χ3n) is 3.55. The van der Waals surface area contributed by atoms with Gasteiger partial charge in [0, 0.05) is 6.61 Å². The van der Waals surface area contributed by atoms with E-state index >= 15 is 0 Å². The molecule has 1 heterocycles. The molecule has 0 aromatic carbocycles. The van der Waals surface area contributed by atoms with Gasteiger partial charge in [-0.3, -0.25) is 4.57 Å². The fourth-order valence-electron chi connectivity index (χ4n) is 2.62. The van der Waals surface area contributed by atoms with Crippen molar-refractivity contribution in [1.29, 1.82) is 0 Å². The summed E-state index contributed by atoms with van der Waals surface area (Å²) in [5, 5.41) is 0. The van der Waals surface area contributed by atoms with Gasteiger partial charge >= 0.3 is 13.8 Å². The summed E-state index contributed by atoms with van der Waals surface area (Å²) in [5.41, 5.74) is -0.797. The molecule has 11 heteroatoms. The Morgan fingerprint density at radius 1 is 1.11 bits per heavy atom. The van der Waals surface area contributed by atoms with Gasteiger partial charge in [-0.1, -0.05) is 6.08 Å². The minimum atomic E-state index is -4.52. The van der Waals surface area contributed by atoms with E-state index in [0.717, 1.165) is 18.9 Å². The van der Waals surface area contributed by atoms with Gasteiger partial charge in [0.05, 0.1) is 18.3 Å². The summed E-state index contributed by atoms with van der Waals surface area (Å²) in [6.45, 7) is 11.2. The molecular formula is C17H34F3O5PSi2. The van der Waals surface area contributed by atoms with E-state index in [4.69, 9.17) is 17.9 Å². The van der Waals surface area contributed by atoms with Crippen molar-refractivity contribution in [2.24, 2.45) is 0 Å². The Bertz CT molecular complexity index is 545. The minimum Gasteiger partial charge on any atom is -0.353 e. The number of hydrogen-bond acceptors (Lipinski definition) is 5. The highest BCUT2D eigenvalue weighted by Crippen LogP contribution is 2.53. The quantitative estimate of drug-likeness (QED) is 0.216. The number of rotatable bonds is 10. The Hall–Kier alpha value is 0.0338. The number of halogens is 3. The van der Waals surface area contributed by atoms with Crippen molar-refractivity contribution in [2.75, 3.05) is 19.4 Å². The van der Waals surface area contributed by atoms with Crippen LogP contribution in [0.15, 0.2) is 11.6 Å². The summed E-state index contributed by atoms with van der Waals surface area (Å²) in [4.78, 5) is 0. The molecule has 1 saturated heterocycles. The molecule has 166 valence electrons. The van der Waals surface area contributed by atoms with Crippen LogP contribution in [0.3, 0.4) is 0 Å². The second-order valence-corrected chi connectivity index (χ2v) is 20.4. The van der Waals surface area contributed by atoms with Gasteiger partial charge in [0.2, 0.25) is 0 Å². The first-order valence-electron chi connectivity index (χ1n) is 9.60. The van der Waals surface area contributed by atoms with Crippen LogP contribution in [0.1, 0.15) is 25.7 Å². The number of ether oxygens (including phenoxy) is 2. The van der Waals surface area contributed by atoms with Gasteiger partial charge in [-0.25, -0.2) is 0 Å². The Morgan fingerprint density at radius 3 is 2.11 bits per heavy atom. The smallest absolute Gasteiger partial charge is 0.353 e. The monoisotopic (exact) mass is 462 g/mol. The standard InChI is InChI=1S/C17H34F3O5PSi2/c1-27(2,3)24-26(21,25-28(4,5)6)13-9-10-15(17(18,19)20)14-23-16-11-7-8-12-22-16/h10,16H,7-9,11-14H2,1-6H3. The van der Waals surface area contributed by atoms with Crippen molar-refractivity contribution in [2.45, 2.75) is 77.4 Å². The summed E-state index contributed by atoms with van der Waals surface area (Å²) in [6, 6.07) is 0. The van der Waals surface area contributed by atoms with E-state index in [9.17, 15) is 17.7 Å². The number of alkyl halides is 3. The molecule has 0 N–H and O–H groups in total. The zero-order valence-corrected chi connectivity index (χ0v) is 20.6. The molecule has 1 aliphatic heterocycles. The lowest BCUT2D eigenvalue weighted by Gasteiger charge is -2.31. The molecule has 0 saturated carbocycles. The van der Waals surface area contributed by atoms with Crippen molar-refractivity contribution in [3.8, 4) is 0 Å². The first-order chi connectivity index (χ1) is 12.6. The molecule has 1 rings (SSSR count). The van der Waals surface area contributed by atoms with Gasteiger partial charge in [-0.2, -0.15) is 13.2 Å². The molecule has 0 spiro atoms. The molecule has 1 fully saturated rings. The topological polar surface area (TPSA) is 54.0 Å². The molecular weight excluding hydrogens is 428 g/mol. The molecule has 1 unspecified atom stereocenters. The highest BCUT2D eigenvalue weighted by atomic mass is 31.2. The maximum absolute atomic E-state index is 13.3. The second-order valence-electron chi connectivity index (χ2n) is 8.86. The van der Waals surface area contributed by atoms with Crippen LogP contribution in [-0.2, 0) is 22.5 Å². The molecule has 0 amide bonds. The molecule has 0 aromatic heterocycles. The first-order valence-corrected chi connectivity index (χ1v) is 18.1. The predicted molar refractivity (Wildman–Crippen MR) is 110 cm³/mol. The molecule has 0 radical (unpaired) electrons. The molecule has 1 aliphatic rings. The van der Waals surface area contributed by atoms with Gasteiger partial charge in [0.1, 0.15) is 0 Å². The van der Waals surface area contributed by atoms with Crippen LogP contribution in [0, 0.1) is 0 Å². The number of hydrogen-bond donors (Lipinski definition) is 0. The summed E-state index contributed by atoms with van der Waals surface area (Å²) in [7, 11) is -7.86. The van der Waals surface area contributed by atoms with Gasteiger partial charge in [0.25, 0.3) is 0 Å². The van der Waals surface area contributed by atoms with Crippen molar-refractivity contribution in [3.05, 3.63) is 11.6 Å². The molecule has 5 nitrogen and oxygen atoms in total. The van der Waals surface area contributed by atoms with Crippen molar-refractivity contribution in [1.82, 2.24) is 0 Å². The van der Waals surface area contributed by atoms with Gasteiger partial charge < -0.3 is 17.9 Å². The van der Waals surface area contributed by atoms with Gasteiger partial charge in [-0.05, 0) is 65.0 Å². The third-order valence-corrected chi connectivity index (χ3v) is 11.0. The highest BCUT2D eigenvalue weighted by Gasteiger charge is 2.37. The fraction of sp³-hybridized carbons (Fsp3) is 0.882. The predicted octanol–water partition coefficient (Wildman–Crippen LogP) is 6.30. The molecule has 0 bridgehead atoms. The van der Waals surface area contributed by atoms with E-state index in [2.05, 4.69) is 0 Å². The van der Waals surface area contributed by atoms with Gasteiger partial charge in [-0.15, -0.1) is 0 Å². The molecule has 1 atom stereocenters. The average Bonchev–Trinajstić information content (AvgIpc) is 2.46. The minimum absolute atomic E-state index is 0.0596. The Balaban J connectivity index is 2.79. The fourth-order valence-corrected chi connectivity index (χ4v) is 11.0. The van der Waals surface area contributed by atoms with E-state index in [1.165, 1.54) is 0 Å². The second kappa shape index (κ2) is 10.4. The Labute approximate surface area is 168 Å². The van der Waals surface area contributed by atoms with Gasteiger partial charge in [0.15, 0.2) is 22.9 Å². The van der Waals surface area contributed by atoms with Crippen LogP contribution < -0.4 is 0 Å². The van der Waals surface area contributed by atoms with E-state index in [1.54, 1.807) is 0 Å². The summed E-state index contributed by atoms with van der Waals surface area (Å²) >= 11 is 0. The molecule has 28 heavy (non-hydrogen) atoms. The Morgan fingerprint density at radius 2 is 1.68 bits per heavy atom. The van der Waals surface area contributed by atoms with Crippen LogP contribution >= 0.6 is 7.60 Å². The SMILES string of the molecule is C[Si](C)(C)OP(=O)(CCC=C(COC1CCCCO1)C(F)(F)F)O[Si](C)(C)C. The lowest BCUT2D eigenvalue weighted by atomic mass is 10.2. The highest BCUT2D eigenvalue weighted by molar-refractivity contribution is 7.57. The maximum Gasteiger partial charge on any atom is 0.414 e. The number of allylic oxidation sites excluding steroid dienone is 1. The van der Waals surface area contributed by atoms with Crippen molar-refractivity contribution >= 4 is 24.2 Å². The largest absolute Gasteiger partial charge is 0.414 e. The van der Waals surface area contributed by atoms with E-state index in [-0.39, 0.29) is 12.6 Å². The van der Waals surface area contributed by atoms with Crippen LogP contribution in [0.25, 0.3) is 0 Å². The van der Waals surface area contributed by atoms with Crippen LogP contribution in [-0.4, -0.2) is 48.5 Å². The van der Waals surface area contributed by atoms with Crippen LogP contribution in [0.4, 0.5) is 13.2 Å². The third kappa shape index (κ3) is 11.3. The van der Waals surface area contributed by atoms with E-state index < -0.39 is 48.9 Å². The van der Waals surface area contributed by atoms with Crippen molar-refractivity contribution in [3.63, 3.8) is 0 Å². The summed E-state index contributed by atoms with van der Waals surface area (Å²) in [5.74, 6) is 0.